The van der Waals surface area contributed by atoms with Crippen molar-refractivity contribution in [2.24, 2.45) is 0 Å². The lowest BCUT2D eigenvalue weighted by Gasteiger charge is -2.35. The van der Waals surface area contributed by atoms with Crippen molar-refractivity contribution in [3.8, 4) is 5.75 Å². The fourth-order valence-corrected chi connectivity index (χ4v) is 4.00. The van der Waals surface area contributed by atoms with Crippen LogP contribution in [-0.2, 0) is 25.7 Å². The Morgan fingerprint density at radius 1 is 1.09 bits per heavy atom. The third-order valence-electron chi connectivity index (χ3n) is 5.76. The van der Waals surface area contributed by atoms with E-state index in [0.717, 1.165) is 18.4 Å². The molecule has 8 heteroatoms. The molecule has 1 N–H and O–H groups in total. The van der Waals surface area contributed by atoms with Crippen LogP contribution in [0.1, 0.15) is 35.2 Å². The molecule has 0 radical (unpaired) electrons. The molecule has 2 saturated heterocycles. The Kier molecular flexibility index (Phi) is 7.57. The van der Waals surface area contributed by atoms with Crippen LogP contribution in [0.5, 0.6) is 5.75 Å². The van der Waals surface area contributed by atoms with Crippen LogP contribution in [0.25, 0.3) is 0 Å². The van der Waals surface area contributed by atoms with E-state index in [4.69, 9.17) is 14.2 Å². The molecule has 0 aliphatic carbocycles. The van der Waals surface area contributed by atoms with Crippen molar-refractivity contribution < 1.29 is 28.6 Å². The number of rotatable bonds is 8. The quantitative estimate of drug-likeness (QED) is 0.618. The highest BCUT2D eigenvalue weighted by molar-refractivity contribution is 6.01. The van der Waals surface area contributed by atoms with Gasteiger partial charge in [0.2, 0.25) is 5.91 Å². The number of hydrogen-bond donors (Lipinski definition) is 1. The van der Waals surface area contributed by atoms with Crippen LogP contribution in [-0.4, -0.2) is 61.1 Å². The Morgan fingerprint density at radius 3 is 2.67 bits per heavy atom. The summed E-state index contributed by atoms with van der Waals surface area (Å²) in [6.45, 7) is 1.75. The van der Waals surface area contributed by atoms with Crippen LogP contribution < -0.4 is 10.1 Å². The van der Waals surface area contributed by atoms with E-state index < -0.39 is 12.0 Å². The van der Waals surface area contributed by atoms with E-state index in [2.05, 4.69) is 5.32 Å². The molecule has 174 valence electrons. The Hall–Kier alpha value is -3.39. The largest absolute Gasteiger partial charge is 0.488 e. The number of benzene rings is 2. The van der Waals surface area contributed by atoms with Crippen molar-refractivity contribution in [3.05, 3.63) is 65.7 Å². The molecule has 2 heterocycles. The van der Waals surface area contributed by atoms with Gasteiger partial charge in [0.25, 0.3) is 5.91 Å². The number of nitrogens with one attached hydrogen (secondary N) is 1. The van der Waals surface area contributed by atoms with E-state index in [1.807, 2.05) is 30.3 Å². The lowest BCUT2D eigenvalue weighted by Crippen LogP contribution is -2.58. The molecule has 2 aromatic carbocycles. The minimum atomic E-state index is -0.939. The summed E-state index contributed by atoms with van der Waals surface area (Å²) < 4.78 is 16.7. The van der Waals surface area contributed by atoms with Gasteiger partial charge in [-0.1, -0.05) is 42.5 Å². The third-order valence-corrected chi connectivity index (χ3v) is 5.76. The fraction of sp³-hybridized carbons (Fsp3) is 0.400. The summed E-state index contributed by atoms with van der Waals surface area (Å²) in [4.78, 5) is 39.8. The van der Waals surface area contributed by atoms with Crippen molar-refractivity contribution >= 4 is 17.8 Å². The molecule has 8 nitrogen and oxygen atoms in total. The van der Waals surface area contributed by atoms with Crippen LogP contribution in [0.15, 0.2) is 54.6 Å². The predicted octanol–water partition coefficient (Wildman–Crippen LogP) is 2.32. The molecule has 2 amide bonds. The van der Waals surface area contributed by atoms with Gasteiger partial charge in [0, 0.05) is 19.7 Å². The molecule has 0 bridgehead atoms. The first-order chi connectivity index (χ1) is 16.1. The van der Waals surface area contributed by atoms with Gasteiger partial charge in [-0.25, -0.2) is 0 Å². The minimum absolute atomic E-state index is 0.0968. The van der Waals surface area contributed by atoms with Gasteiger partial charge in [0.15, 0.2) is 0 Å². The van der Waals surface area contributed by atoms with E-state index in [0.29, 0.717) is 37.6 Å². The smallest absolute Gasteiger partial charge is 0.308 e. The molecule has 2 aromatic rings. The summed E-state index contributed by atoms with van der Waals surface area (Å²) in [7, 11) is 0. The Bertz CT molecular complexity index is 974. The van der Waals surface area contributed by atoms with E-state index in [1.54, 1.807) is 24.3 Å². The highest BCUT2D eigenvalue weighted by Crippen LogP contribution is 2.24. The molecule has 2 aliphatic rings. The van der Waals surface area contributed by atoms with Crippen LogP contribution in [0.4, 0.5) is 0 Å². The monoisotopic (exact) mass is 452 g/mol. The first-order valence-electron chi connectivity index (χ1n) is 11.2. The number of carbonyl (C=O) groups is 3. The van der Waals surface area contributed by atoms with Gasteiger partial charge in [-0.3, -0.25) is 14.4 Å². The number of para-hydroxylation sites is 1. The molecule has 2 atom stereocenters. The topological polar surface area (TPSA) is 94.2 Å². The van der Waals surface area contributed by atoms with Crippen molar-refractivity contribution in [1.82, 2.24) is 10.2 Å². The number of esters is 1. The molecule has 33 heavy (non-hydrogen) atoms. The molecule has 0 spiro atoms. The molecular formula is C25H28N2O6. The normalized spacial score (nSPS) is 20.2. The first-order valence-corrected chi connectivity index (χ1v) is 11.2. The number of carbonyl (C=O) groups excluding carboxylic acids is 3. The standard InChI is InChI=1S/C25H28N2O6/c28-23(33-17-19-9-6-14-31-19)15-21-24(29)26-12-13-27(21)25(30)20-10-4-5-11-22(20)32-16-18-7-2-1-3-8-18/h1-5,7-8,10-11,19,21H,6,9,12-17H2,(H,26,29). The molecule has 2 aliphatic heterocycles. The summed E-state index contributed by atoms with van der Waals surface area (Å²) >= 11 is 0. The van der Waals surface area contributed by atoms with Crippen LogP contribution >= 0.6 is 0 Å². The Balaban J connectivity index is 1.44. The van der Waals surface area contributed by atoms with Gasteiger partial charge in [-0.2, -0.15) is 0 Å². The molecule has 0 saturated carbocycles. The van der Waals surface area contributed by atoms with E-state index >= 15 is 0 Å². The zero-order chi connectivity index (χ0) is 23.0. The van der Waals surface area contributed by atoms with Crippen molar-refractivity contribution in [2.45, 2.75) is 38.0 Å². The summed E-state index contributed by atoms with van der Waals surface area (Å²) in [6.07, 6.45) is 1.49. The maximum absolute atomic E-state index is 13.4. The second kappa shape index (κ2) is 11.0. The number of ether oxygens (including phenoxy) is 3. The maximum atomic E-state index is 13.4. The van der Waals surface area contributed by atoms with Crippen molar-refractivity contribution in [2.75, 3.05) is 26.3 Å². The van der Waals surface area contributed by atoms with Gasteiger partial charge >= 0.3 is 5.97 Å². The minimum Gasteiger partial charge on any atom is -0.488 e. The van der Waals surface area contributed by atoms with E-state index in [-0.39, 0.29) is 30.9 Å². The number of hydrogen-bond acceptors (Lipinski definition) is 6. The average Bonchev–Trinajstić information content (AvgIpc) is 3.37. The van der Waals surface area contributed by atoms with Crippen LogP contribution in [0.3, 0.4) is 0 Å². The van der Waals surface area contributed by atoms with Crippen LogP contribution in [0, 0.1) is 0 Å². The van der Waals surface area contributed by atoms with Crippen LogP contribution in [0.2, 0.25) is 0 Å². The van der Waals surface area contributed by atoms with E-state index in [9.17, 15) is 14.4 Å². The predicted molar refractivity (Wildman–Crippen MR) is 120 cm³/mol. The zero-order valence-corrected chi connectivity index (χ0v) is 18.4. The van der Waals surface area contributed by atoms with Gasteiger partial charge in [0.05, 0.1) is 18.1 Å². The summed E-state index contributed by atoms with van der Waals surface area (Å²) in [5.41, 5.74) is 1.32. The molecule has 0 aromatic heterocycles. The number of nitrogens with zero attached hydrogens (tertiary/aromatic N) is 1. The number of piperazine rings is 1. The van der Waals surface area contributed by atoms with Gasteiger partial charge < -0.3 is 24.4 Å². The van der Waals surface area contributed by atoms with Gasteiger partial charge in [0.1, 0.15) is 25.0 Å². The third kappa shape index (κ3) is 5.90. The van der Waals surface area contributed by atoms with Gasteiger partial charge in [-0.05, 0) is 30.5 Å². The lowest BCUT2D eigenvalue weighted by atomic mass is 10.1. The second-order valence-corrected chi connectivity index (χ2v) is 8.10. The SMILES string of the molecule is O=C(CC1C(=O)NCCN1C(=O)c1ccccc1OCc1ccccc1)OCC1CCCO1. The molecule has 4 rings (SSSR count). The first kappa shape index (κ1) is 22.8. The second-order valence-electron chi connectivity index (χ2n) is 8.10. The zero-order valence-electron chi connectivity index (χ0n) is 18.4. The maximum Gasteiger partial charge on any atom is 0.308 e. The van der Waals surface area contributed by atoms with Crippen molar-refractivity contribution in [1.29, 1.82) is 0 Å². The average molecular weight is 453 g/mol. The highest BCUT2D eigenvalue weighted by Gasteiger charge is 2.36. The Labute approximate surface area is 192 Å². The summed E-state index contributed by atoms with van der Waals surface area (Å²) in [6, 6.07) is 15.6. The van der Waals surface area contributed by atoms with Crippen molar-refractivity contribution in [3.63, 3.8) is 0 Å². The van der Waals surface area contributed by atoms with Gasteiger partial charge in [-0.15, -0.1) is 0 Å². The number of amides is 2. The Morgan fingerprint density at radius 2 is 1.88 bits per heavy atom. The van der Waals surface area contributed by atoms with E-state index in [1.165, 1.54) is 4.90 Å². The molecular weight excluding hydrogens is 424 g/mol. The fourth-order valence-electron chi connectivity index (χ4n) is 4.00. The highest BCUT2D eigenvalue weighted by atomic mass is 16.6. The summed E-state index contributed by atoms with van der Waals surface area (Å²) in [5.74, 6) is -0.826. The molecule has 2 fully saturated rings. The molecule has 2 unspecified atom stereocenters. The summed E-state index contributed by atoms with van der Waals surface area (Å²) in [5, 5.41) is 2.74. The lowest BCUT2D eigenvalue weighted by molar-refractivity contribution is -0.150.